The van der Waals surface area contributed by atoms with Crippen molar-refractivity contribution >= 4 is 12.4 Å². The lowest BCUT2D eigenvalue weighted by molar-refractivity contribution is 0.840. The Morgan fingerprint density at radius 1 is 0.933 bits per heavy atom. The van der Waals surface area contributed by atoms with E-state index < -0.39 is 0 Å². The molecule has 0 unspecified atom stereocenters. The lowest BCUT2D eigenvalue weighted by Gasteiger charge is -1.94. The van der Waals surface area contributed by atoms with Gasteiger partial charge in [0, 0.05) is 24.5 Å². The van der Waals surface area contributed by atoms with E-state index in [9.17, 15) is 0 Å². The summed E-state index contributed by atoms with van der Waals surface area (Å²) in [6.45, 7) is 8.22. The minimum atomic E-state index is 0.334. The van der Waals surface area contributed by atoms with Gasteiger partial charge in [-0.1, -0.05) is 0 Å². The molecular weight excluding hydrogens is 186 g/mol. The Morgan fingerprint density at radius 3 is 1.67 bits per heavy atom. The molecule has 1 rings (SSSR count). The van der Waals surface area contributed by atoms with Crippen LogP contribution in [0.2, 0.25) is 0 Å². The number of aromatic amines is 1. The standard InChI is InChI=1S/C12H19N3/c1-9(2)13-7-11-5-6-12(15-11)8-14-10(3)4/h5-10,15H,1-4H3/b13-7+,14-8+. The molecule has 1 aromatic heterocycles. The van der Waals surface area contributed by atoms with Crippen molar-refractivity contribution in [2.24, 2.45) is 9.98 Å². The summed E-state index contributed by atoms with van der Waals surface area (Å²) in [5.41, 5.74) is 2.04. The predicted molar refractivity (Wildman–Crippen MR) is 66.3 cm³/mol. The van der Waals surface area contributed by atoms with Crippen LogP contribution in [-0.4, -0.2) is 29.5 Å². The molecule has 0 aliphatic rings. The van der Waals surface area contributed by atoms with E-state index >= 15 is 0 Å². The predicted octanol–water partition coefficient (Wildman–Crippen LogP) is 2.67. The highest BCUT2D eigenvalue weighted by Gasteiger charge is 1.94. The van der Waals surface area contributed by atoms with Crippen LogP contribution in [0.15, 0.2) is 22.1 Å². The van der Waals surface area contributed by atoms with Crippen LogP contribution < -0.4 is 0 Å². The van der Waals surface area contributed by atoms with Crippen molar-refractivity contribution in [2.75, 3.05) is 0 Å². The normalized spacial score (nSPS) is 12.7. The highest BCUT2D eigenvalue weighted by Crippen LogP contribution is 1.99. The van der Waals surface area contributed by atoms with Crippen LogP contribution in [0.5, 0.6) is 0 Å². The van der Waals surface area contributed by atoms with Crippen molar-refractivity contribution in [2.45, 2.75) is 39.8 Å². The maximum atomic E-state index is 4.30. The molecule has 0 bridgehead atoms. The van der Waals surface area contributed by atoms with Gasteiger partial charge in [-0.3, -0.25) is 9.98 Å². The van der Waals surface area contributed by atoms with Gasteiger partial charge in [0.05, 0.1) is 11.4 Å². The van der Waals surface area contributed by atoms with Crippen molar-refractivity contribution < 1.29 is 0 Å². The monoisotopic (exact) mass is 205 g/mol. The third-order valence-corrected chi connectivity index (χ3v) is 1.75. The molecule has 3 nitrogen and oxygen atoms in total. The van der Waals surface area contributed by atoms with Crippen molar-refractivity contribution in [3.8, 4) is 0 Å². The van der Waals surface area contributed by atoms with E-state index in [4.69, 9.17) is 0 Å². The number of aliphatic imine (C=N–C) groups is 2. The van der Waals surface area contributed by atoms with Crippen LogP contribution in [0.1, 0.15) is 39.1 Å². The summed E-state index contributed by atoms with van der Waals surface area (Å²) in [4.78, 5) is 11.8. The molecule has 0 amide bonds. The van der Waals surface area contributed by atoms with E-state index in [1.165, 1.54) is 0 Å². The van der Waals surface area contributed by atoms with Gasteiger partial charge in [0.1, 0.15) is 0 Å². The van der Waals surface area contributed by atoms with E-state index in [0.29, 0.717) is 12.1 Å². The largest absolute Gasteiger partial charge is 0.353 e. The number of aromatic nitrogens is 1. The van der Waals surface area contributed by atoms with Crippen LogP contribution >= 0.6 is 0 Å². The van der Waals surface area contributed by atoms with Gasteiger partial charge >= 0.3 is 0 Å². The highest BCUT2D eigenvalue weighted by atomic mass is 14.8. The molecule has 0 atom stereocenters. The molecule has 1 heterocycles. The molecule has 0 aliphatic heterocycles. The average Bonchev–Trinajstić information content (AvgIpc) is 2.59. The molecule has 82 valence electrons. The molecular formula is C12H19N3. The molecule has 0 spiro atoms. The summed E-state index contributed by atoms with van der Waals surface area (Å²) < 4.78 is 0. The summed E-state index contributed by atoms with van der Waals surface area (Å²) in [6.07, 6.45) is 3.72. The molecule has 1 N–H and O–H groups in total. The van der Waals surface area contributed by atoms with Crippen molar-refractivity contribution in [3.63, 3.8) is 0 Å². The maximum absolute atomic E-state index is 4.30. The summed E-state index contributed by atoms with van der Waals surface area (Å²) in [5.74, 6) is 0. The molecule has 0 aromatic carbocycles. The zero-order valence-corrected chi connectivity index (χ0v) is 9.86. The van der Waals surface area contributed by atoms with E-state index in [0.717, 1.165) is 11.4 Å². The first-order valence-corrected chi connectivity index (χ1v) is 5.33. The second-order valence-corrected chi connectivity index (χ2v) is 4.11. The number of nitrogens with one attached hydrogen (secondary N) is 1. The third-order valence-electron chi connectivity index (χ3n) is 1.75. The van der Waals surface area contributed by atoms with Crippen LogP contribution in [0.25, 0.3) is 0 Å². The first-order valence-electron chi connectivity index (χ1n) is 5.33. The van der Waals surface area contributed by atoms with Gasteiger partial charge in [0.15, 0.2) is 0 Å². The van der Waals surface area contributed by atoms with Gasteiger partial charge in [0.25, 0.3) is 0 Å². The minimum absolute atomic E-state index is 0.334. The number of nitrogens with zero attached hydrogens (tertiary/aromatic N) is 2. The van der Waals surface area contributed by atoms with Crippen LogP contribution in [-0.2, 0) is 0 Å². The second kappa shape index (κ2) is 5.49. The summed E-state index contributed by atoms with van der Waals surface area (Å²) in [5, 5.41) is 0. The van der Waals surface area contributed by atoms with Crippen LogP contribution in [0.4, 0.5) is 0 Å². The Bertz CT molecular complexity index is 313. The molecule has 15 heavy (non-hydrogen) atoms. The average molecular weight is 205 g/mol. The Labute approximate surface area is 91.4 Å². The Kier molecular flexibility index (Phi) is 4.28. The zero-order chi connectivity index (χ0) is 11.3. The molecule has 1 aromatic rings. The van der Waals surface area contributed by atoms with E-state index in [-0.39, 0.29) is 0 Å². The second-order valence-electron chi connectivity index (χ2n) is 4.11. The smallest absolute Gasteiger partial charge is 0.0567 e. The first kappa shape index (κ1) is 11.7. The zero-order valence-electron chi connectivity index (χ0n) is 9.86. The van der Waals surface area contributed by atoms with E-state index in [1.54, 1.807) is 0 Å². The number of H-pyrrole nitrogens is 1. The third kappa shape index (κ3) is 4.58. The molecule has 0 saturated carbocycles. The Balaban J connectivity index is 2.64. The van der Waals surface area contributed by atoms with Gasteiger partial charge in [-0.15, -0.1) is 0 Å². The maximum Gasteiger partial charge on any atom is 0.0567 e. The van der Waals surface area contributed by atoms with Crippen molar-refractivity contribution in [1.29, 1.82) is 0 Å². The first-order chi connectivity index (χ1) is 7.08. The van der Waals surface area contributed by atoms with E-state index in [2.05, 4.69) is 42.7 Å². The minimum Gasteiger partial charge on any atom is -0.353 e. The van der Waals surface area contributed by atoms with Gasteiger partial charge in [-0.05, 0) is 39.8 Å². The summed E-state index contributed by atoms with van der Waals surface area (Å²) in [6, 6.07) is 4.68. The summed E-state index contributed by atoms with van der Waals surface area (Å²) in [7, 11) is 0. The lowest BCUT2D eigenvalue weighted by Crippen LogP contribution is -1.92. The fourth-order valence-electron chi connectivity index (χ4n) is 1.04. The molecule has 0 aliphatic carbocycles. The molecule has 0 saturated heterocycles. The van der Waals surface area contributed by atoms with Crippen molar-refractivity contribution in [1.82, 2.24) is 4.98 Å². The summed E-state index contributed by atoms with van der Waals surface area (Å²) >= 11 is 0. The molecule has 3 heteroatoms. The Morgan fingerprint density at radius 2 is 1.33 bits per heavy atom. The number of rotatable bonds is 4. The molecule has 0 fully saturated rings. The van der Waals surface area contributed by atoms with Crippen LogP contribution in [0.3, 0.4) is 0 Å². The number of hydrogen-bond donors (Lipinski definition) is 1. The SMILES string of the molecule is CC(C)/N=C/c1ccc(/C=N/C(C)C)[nH]1. The fraction of sp³-hybridized carbons (Fsp3) is 0.500. The van der Waals surface area contributed by atoms with Gasteiger partial charge in [0.2, 0.25) is 0 Å². The van der Waals surface area contributed by atoms with Gasteiger partial charge in [-0.2, -0.15) is 0 Å². The Hall–Kier alpha value is -1.38. The van der Waals surface area contributed by atoms with Gasteiger partial charge in [-0.25, -0.2) is 0 Å². The number of hydrogen-bond acceptors (Lipinski definition) is 2. The van der Waals surface area contributed by atoms with E-state index in [1.807, 2.05) is 24.6 Å². The molecule has 0 radical (unpaired) electrons. The fourth-order valence-corrected chi connectivity index (χ4v) is 1.04. The van der Waals surface area contributed by atoms with Crippen LogP contribution in [0, 0.1) is 0 Å². The highest BCUT2D eigenvalue weighted by molar-refractivity contribution is 5.83. The quantitative estimate of drug-likeness (QED) is 0.734. The topological polar surface area (TPSA) is 40.5 Å². The lowest BCUT2D eigenvalue weighted by atomic mass is 10.4. The van der Waals surface area contributed by atoms with Gasteiger partial charge < -0.3 is 4.98 Å². The van der Waals surface area contributed by atoms with Crippen molar-refractivity contribution in [3.05, 3.63) is 23.5 Å².